The molecule has 0 radical (unpaired) electrons. The highest BCUT2D eigenvalue weighted by molar-refractivity contribution is 7.98. The standard InChI is InChI=1S/C20H18N4S/c1-25-20-21-12-18(13-22-20)23-17-7-8-19-16(11-17)9-10-24(19)14-15-5-3-2-4-6-15/h2-13,23H,14H2,1H3. The smallest absolute Gasteiger partial charge is 0.187 e. The number of fused-ring (bicyclic) bond motifs is 1. The van der Waals surface area contributed by atoms with Crippen molar-refractivity contribution in [3.63, 3.8) is 0 Å². The Morgan fingerprint density at radius 3 is 2.52 bits per heavy atom. The lowest BCUT2D eigenvalue weighted by Gasteiger charge is -2.08. The molecule has 0 saturated carbocycles. The van der Waals surface area contributed by atoms with Crippen molar-refractivity contribution < 1.29 is 0 Å². The van der Waals surface area contributed by atoms with Gasteiger partial charge in [-0.3, -0.25) is 0 Å². The van der Waals surface area contributed by atoms with Crippen molar-refractivity contribution in [2.75, 3.05) is 11.6 Å². The van der Waals surface area contributed by atoms with E-state index in [9.17, 15) is 0 Å². The quantitative estimate of drug-likeness (QED) is 0.410. The third kappa shape index (κ3) is 3.51. The molecule has 0 aliphatic carbocycles. The normalized spacial score (nSPS) is 10.9. The van der Waals surface area contributed by atoms with Gasteiger partial charge in [-0.05, 0) is 36.1 Å². The second-order valence-corrected chi connectivity index (χ2v) is 6.56. The Balaban J connectivity index is 1.56. The van der Waals surface area contributed by atoms with Gasteiger partial charge in [0, 0.05) is 29.3 Å². The van der Waals surface area contributed by atoms with Crippen molar-refractivity contribution in [1.82, 2.24) is 14.5 Å². The van der Waals surface area contributed by atoms with Crippen LogP contribution in [0.1, 0.15) is 5.56 Å². The van der Waals surface area contributed by atoms with Crippen LogP contribution in [0.2, 0.25) is 0 Å². The summed E-state index contributed by atoms with van der Waals surface area (Å²) in [6, 6.07) is 19.0. The molecule has 124 valence electrons. The molecule has 0 aliphatic rings. The molecule has 4 nitrogen and oxygen atoms in total. The highest BCUT2D eigenvalue weighted by atomic mass is 32.2. The molecule has 0 fully saturated rings. The van der Waals surface area contributed by atoms with Crippen molar-refractivity contribution in [2.45, 2.75) is 11.7 Å². The van der Waals surface area contributed by atoms with E-state index in [0.29, 0.717) is 0 Å². The molecule has 2 heterocycles. The van der Waals surface area contributed by atoms with Crippen LogP contribution in [0.5, 0.6) is 0 Å². The van der Waals surface area contributed by atoms with Gasteiger partial charge in [-0.2, -0.15) is 0 Å². The summed E-state index contributed by atoms with van der Waals surface area (Å²) in [4.78, 5) is 8.58. The molecule has 0 bridgehead atoms. The van der Waals surface area contributed by atoms with Crippen LogP contribution in [-0.4, -0.2) is 20.8 Å². The predicted octanol–water partition coefficient (Wildman–Crippen LogP) is 4.95. The summed E-state index contributed by atoms with van der Waals surface area (Å²) in [6.45, 7) is 0.876. The van der Waals surface area contributed by atoms with Gasteiger partial charge in [-0.25, -0.2) is 9.97 Å². The summed E-state index contributed by atoms with van der Waals surface area (Å²) >= 11 is 1.54. The van der Waals surface area contributed by atoms with Crippen molar-refractivity contribution in [3.05, 3.63) is 78.8 Å². The topological polar surface area (TPSA) is 42.7 Å². The molecule has 1 N–H and O–H groups in total. The molecular formula is C20H18N4S. The molecule has 5 heteroatoms. The summed E-state index contributed by atoms with van der Waals surface area (Å²) in [6.07, 6.45) is 7.72. The Morgan fingerprint density at radius 2 is 1.76 bits per heavy atom. The van der Waals surface area contributed by atoms with E-state index in [1.54, 1.807) is 0 Å². The molecule has 4 rings (SSSR count). The Bertz CT molecular complexity index is 978. The van der Waals surface area contributed by atoms with Crippen LogP contribution in [0.25, 0.3) is 10.9 Å². The molecule has 25 heavy (non-hydrogen) atoms. The highest BCUT2D eigenvalue weighted by Crippen LogP contribution is 2.24. The van der Waals surface area contributed by atoms with Gasteiger partial charge in [-0.1, -0.05) is 42.1 Å². The maximum Gasteiger partial charge on any atom is 0.187 e. The second kappa shape index (κ2) is 6.99. The number of aromatic nitrogens is 3. The van der Waals surface area contributed by atoms with E-state index < -0.39 is 0 Å². The zero-order valence-corrected chi connectivity index (χ0v) is 14.7. The SMILES string of the molecule is CSc1ncc(Nc2ccc3c(ccn3Cc3ccccc3)c2)cn1. The van der Waals surface area contributed by atoms with Gasteiger partial charge in [0.05, 0.1) is 18.1 Å². The van der Waals surface area contributed by atoms with Crippen LogP contribution in [0, 0.1) is 0 Å². The largest absolute Gasteiger partial charge is 0.353 e. The number of benzene rings is 2. The summed E-state index contributed by atoms with van der Waals surface area (Å²) in [5, 5.41) is 5.35. The first-order chi connectivity index (χ1) is 12.3. The van der Waals surface area contributed by atoms with Crippen molar-refractivity contribution in [2.24, 2.45) is 0 Å². The van der Waals surface area contributed by atoms with Gasteiger partial charge in [0.15, 0.2) is 5.16 Å². The van der Waals surface area contributed by atoms with Gasteiger partial charge < -0.3 is 9.88 Å². The highest BCUT2D eigenvalue weighted by Gasteiger charge is 2.04. The Hall–Kier alpha value is -2.79. The molecule has 0 saturated heterocycles. The zero-order valence-electron chi connectivity index (χ0n) is 13.9. The van der Waals surface area contributed by atoms with E-state index in [1.807, 2.05) is 24.7 Å². The zero-order chi connectivity index (χ0) is 17.1. The minimum Gasteiger partial charge on any atom is -0.353 e. The monoisotopic (exact) mass is 346 g/mol. The van der Waals surface area contributed by atoms with Crippen molar-refractivity contribution in [3.8, 4) is 0 Å². The number of thioether (sulfide) groups is 1. The van der Waals surface area contributed by atoms with E-state index in [1.165, 1.54) is 28.2 Å². The molecule has 0 spiro atoms. The number of hydrogen-bond acceptors (Lipinski definition) is 4. The average molecular weight is 346 g/mol. The Morgan fingerprint density at radius 1 is 0.960 bits per heavy atom. The minimum absolute atomic E-state index is 0.777. The molecule has 0 unspecified atom stereocenters. The van der Waals surface area contributed by atoms with Crippen LogP contribution in [0.15, 0.2) is 78.3 Å². The van der Waals surface area contributed by atoms with Gasteiger partial charge in [-0.15, -0.1) is 0 Å². The number of rotatable bonds is 5. The van der Waals surface area contributed by atoms with Crippen LogP contribution in [-0.2, 0) is 6.54 Å². The fourth-order valence-corrected chi connectivity index (χ4v) is 3.16. The average Bonchev–Trinajstić information content (AvgIpc) is 3.05. The molecule has 0 aliphatic heterocycles. The summed E-state index contributed by atoms with van der Waals surface area (Å²) in [5.74, 6) is 0. The van der Waals surface area contributed by atoms with E-state index in [4.69, 9.17) is 0 Å². The third-order valence-corrected chi connectivity index (χ3v) is 4.64. The summed E-state index contributed by atoms with van der Waals surface area (Å²) in [7, 11) is 0. The summed E-state index contributed by atoms with van der Waals surface area (Å²) < 4.78 is 2.27. The van der Waals surface area contributed by atoms with E-state index in [0.717, 1.165) is 23.1 Å². The van der Waals surface area contributed by atoms with Crippen LogP contribution < -0.4 is 5.32 Å². The van der Waals surface area contributed by atoms with Gasteiger partial charge in [0.1, 0.15) is 0 Å². The number of anilines is 2. The van der Waals surface area contributed by atoms with E-state index >= 15 is 0 Å². The number of nitrogens with one attached hydrogen (secondary N) is 1. The number of hydrogen-bond donors (Lipinski definition) is 1. The summed E-state index contributed by atoms with van der Waals surface area (Å²) in [5.41, 5.74) is 4.45. The Labute approximate surface area is 150 Å². The second-order valence-electron chi connectivity index (χ2n) is 5.79. The maximum atomic E-state index is 4.29. The first-order valence-electron chi connectivity index (χ1n) is 8.08. The lowest BCUT2D eigenvalue weighted by Crippen LogP contribution is -1.97. The van der Waals surface area contributed by atoms with Crippen molar-refractivity contribution >= 4 is 34.0 Å². The van der Waals surface area contributed by atoms with Gasteiger partial charge >= 0.3 is 0 Å². The first kappa shape index (κ1) is 15.7. The van der Waals surface area contributed by atoms with Crippen LogP contribution in [0.4, 0.5) is 11.4 Å². The Kier molecular flexibility index (Phi) is 4.39. The fraction of sp³-hybridized carbons (Fsp3) is 0.100. The lowest BCUT2D eigenvalue weighted by molar-refractivity contribution is 0.837. The molecule has 4 aromatic rings. The molecule has 0 atom stereocenters. The van der Waals surface area contributed by atoms with E-state index in [-0.39, 0.29) is 0 Å². The molecule has 0 amide bonds. The third-order valence-electron chi connectivity index (χ3n) is 4.07. The van der Waals surface area contributed by atoms with Gasteiger partial charge in [0.25, 0.3) is 0 Å². The van der Waals surface area contributed by atoms with Crippen LogP contribution >= 0.6 is 11.8 Å². The fourth-order valence-electron chi connectivity index (χ4n) is 2.85. The van der Waals surface area contributed by atoms with Gasteiger partial charge in [0.2, 0.25) is 0 Å². The molecule has 2 aromatic carbocycles. The first-order valence-corrected chi connectivity index (χ1v) is 9.30. The molecule has 2 aromatic heterocycles. The maximum absolute atomic E-state index is 4.29. The van der Waals surface area contributed by atoms with Crippen LogP contribution in [0.3, 0.4) is 0 Å². The number of nitrogens with zero attached hydrogens (tertiary/aromatic N) is 3. The molecular weight excluding hydrogens is 328 g/mol. The minimum atomic E-state index is 0.777. The lowest BCUT2D eigenvalue weighted by atomic mass is 10.2. The predicted molar refractivity (Wildman–Crippen MR) is 105 cm³/mol. The van der Waals surface area contributed by atoms with Crippen molar-refractivity contribution in [1.29, 1.82) is 0 Å². The van der Waals surface area contributed by atoms with E-state index in [2.05, 4.69) is 74.6 Å².